The zero-order chi connectivity index (χ0) is 17.2. The average Bonchev–Trinajstić information content (AvgIpc) is 2.99. The molecule has 0 N–H and O–H groups in total. The molecule has 8 heteroatoms. The van der Waals surface area contributed by atoms with E-state index in [1.54, 1.807) is 18.2 Å². The molecule has 1 amide bonds. The van der Waals surface area contributed by atoms with E-state index in [0.717, 1.165) is 0 Å². The minimum atomic E-state index is -3.02. The van der Waals surface area contributed by atoms with Crippen molar-refractivity contribution in [1.82, 2.24) is 4.90 Å². The van der Waals surface area contributed by atoms with Crippen molar-refractivity contribution < 1.29 is 17.9 Å². The third kappa shape index (κ3) is 3.81. The number of carbonyl (C=O) groups is 1. The molecule has 0 spiro atoms. The number of nitrogens with zero attached hydrogens (tertiary/aromatic N) is 2. The lowest BCUT2D eigenvalue weighted by atomic mass is 10.2. The summed E-state index contributed by atoms with van der Waals surface area (Å²) in [4.78, 5) is 18.0. The van der Waals surface area contributed by atoms with E-state index < -0.39 is 15.7 Å². The van der Waals surface area contributed by atoms with Crippen LogP contribution in [0.15, 0.2) is 48.0 Å². The number of amidine groups is 1. The van der Waals surface area contributed by atoms with E-state index in [1.807, 2.05) is 23.1 Å². The van der Waals surface area contributed by atoms with Gasteiger partial charge in [0.15, 0.2) is 21.6 Å². The van der Waals surface area contributed by atoms with Gasteiger partial charge in [0.25, 0.3) is 5.91 Å². The molecule has 2 aliphatic heterocycles. The summed E-state index contributed by atoms with van der Waals surface area (Å²) in [5, 5.41) is 0.484. The van der Waals surface area contributed by atoms with Crippen molar-refractivity contribution in [3.8, 4) is 5.75 Å². The Morgan fingerprint density at radius 1 is 1.38 bits per heavy atom. The number of ether oxygens (including phenoxy) is 1. The van der Waals surface area contributed by atoms with Crippen molar-refractivity contribution in [2.75, 3.05) is 24.7 Å². The lowest BCUT2D eigenvalue weighted by molar-refractivity contribution is -0.119. The summed E-state index contributed by atoms with van der Waals surface area (Å²) in [6.45, 7) is 4.02. The number of amides is 1. The van der Waals surface area contributed by atoms with Gasteiger partial charge in [-0.3, -0.25) is 4.79 Å². The number of thioether (sulfide) groups is 1. The van der Waals surface area contributed by atoms with Gasteiger partial charge in [-0.2, -0.15) is 4.99 Å². The summed E-state index contributed by atoms with van der Waals surface area (Å²) < 4.78 is 29.0. The van der Waals surface area contributed by atoms with Gasteiger partial charge in [0.1, 0.15) is 5.75 Å². The number of hydrogen-bond donors (Lipinski definition) is 0. The minimum Gasteiger partial charge on any atom is -0.484 e. The molecule has 24 heavy (non-hydrogen) atoms. The molecule has 128 valence electrons. The molecule has 2 heterocycles. The lowest BCUT2D eigenvalue weighted by Crippen LogP contribution is -2.37. The number of fused-ring (bicyclic) bond motifs is 1. The van der Waals surface area contributed by atoms with Crippen molar-refractivity contribution in [2.24, 2.45) is 4.99 Å². The molecule has 0 aliphatic carbocycles. The highest BCUT2D eigenvalue weighted by atomic mass is 32.2. The van der Waals surface area contributed by atoms with Crippen LogP contribution in [-0.4, -0.2) is 60.3 Å². The van der Waals surface area contributed by atoms with Crippen LogP contribution in [-0.2, 0) is 14.6 Å². The standard InChI is InChI=1S/C16H18N2O4S2/c1-2-8-18-13-10-24(20,21)11-14(13)23-16(18)17-15(19)9-22-12-6-4-3-5-7-12/h2-7,13-14H,1,8-11H2/t13-,14+/m0/s1. The summed E-state index contributed by atoms with van der Waals surface area (Å²) in [6.07, 6.45) is 1.69. The van der Waals surface area contributed by atoms with Crippen LogP contribution in [0, 0.1) is 0 Å². The Labute approximate surface area is 145 Å². The number of rotatable bonds is 5. The maximum atomic E-state index is 12.1. The molecule has 0 saturated carbocycles. The number of carbonyl (C=O) groups excluding carboxylic acids is 1. The van der Waals surface area contributed by atoms with Crippen LogP contribution in [0.5, 0.6) is 5.75 Å². The summed E-state index contributed by atoms with van der Waals surface area (Å²) in [7, 11) is -3.02. The number of aliphatic imine (C=N–C) groups is 1. The van der Waals surface area contributed by atoms with Gasteiger partial charge in [0, 0.05) is 11.8 Å². The van der Waals surface area contributed by atoms with Crippen LogP contribution < -0.4 is 4.74 Å². The van der Waals surface area contributed by atoms with Crippen molar-refractivity contribution >= 4 is 32.7 Å². The quantitative estimate of drug-likeness (QED) is 0.732. The normalized spacial score (nSPS) is 26.3. The molecule has 0 aromatic heterocycles. The molecular weight excluding hydrogens is 348 g/mol. The molecule has 1 aromatic carbocycles. The Morgan fingerprint density at radius 2 is 2.12 bits per heavy atom. The highest BCUT2D eigenvalue weighted by molar-refractivity contribution is 8.15. The Hall–Kier alpha value is -1.80. The van der Waals surface area contributed by atoms with Gasteiger partial charge in [0.2, 0.25) is 0 Å². The van der Waals surface area contributed by atoms with Crippen LogP contribution in [0.4, 0.5) is 0 Å². The summed E-state index contributed by atoms with van der Waals surface area (Å²) in [5.41, 5.74) is 0. The maximum absolute atomic E-state index is 12.1. The Kier molecular flexibility index (Phi) is 4.96. The van der Waals surface area contributed by atoms with Crippen molar-refractivity contribution in [1.29, 1.82) is 0 Å². The predicted octanol–water partition coefficient (Wildman–Crippen LogP) is 1.35. The Bertz CT molecular complexity index is 762. The van der Waals surface area contributed by atoms with E-state index in [9.17, 15) is 13.2 Å². The summed E-state index contributed by atoms with van der Waals surface area (Å²) in [6, 6.07) is 8.91. The van der Waals surface area contributed by atoms with Crippen molar-refractivity contribution in [3.63, 3.8) is 0 Å². The number of benzene rings is 1. The van der Waals surface area contributed by atoms with E-state index in [4.69, 9.17) is 4.74 Å². The van der Waals surface area contributed by atoms with Crippen LogP contribution in [0.2, 0.25) is 0 Å². The molecular formula is C16H18N2O4S2. The topological polar surface area (TPSA) is 76.0 Å². The SMILES string of the molecule is C=CCN1C(=NC(=O)COc2ccccc2)S[C@@H]2CS(=O)(=O)C[C@@H]21. The average molecular weight is 366 g/mol. The molecule has 6 nitrogen and oxygen atoms in total. The van der Waals surface area contributed by atoms with Gasteiger partial charge in [-0.1, -0.05) is 36.0 Å². The number of hydrogen-bond acceptors (Lipinski definition) is 5. The fraction of sp³-hybridized carbons (Fsp3) is 0.375. The lowest BCUT2D eigenvalue weighted by Gasteiger charge is -2.22. The predicted molar refractivity (Wildman–Crippen MR) is 95.1 cm³/mol. The van der Waals surface area contributed by atoms with Crippen LogP contribution >= 0.6 is 11.8 Å². The molecule has 3 rings (SSSR count). The van der Waals surface area contributed by atoms with Gasteiger partial charge in [-0.15, -0.1) is 6.58 Å². The zero-order valence-corrected chi connectivity index (χ0v) is 14.6. The third-order valence-corrected chi connectivity index (χ3v) is 7.07. The van der Waals surface area contributed by atoms with E-state index >= 15 is 0 Å². The van der Waals surface area contributed by atoms with Crippen LogP contribution in [0.1, 0.15) is 0 Å². The Balaban J connectivity index is 1.67. The molecule has 0 unspecified atom stereocenters. The first-order valence-electron chi connectivity index (χ1n) is 7.52. The monoisotopic (exact) mass is 366 g/mol. The molecule has 1 aromatic rings. The van der Waals surface area contributed by atoms with Crippen LogP contribution in [0.25, 0.3) is 0 Å². The zero-order valence-electron chi connectivity index (χ0n) is 13.0. The van der Waals surface area contributed by atoms with Crippen molar-refractivity contribution in [2.45, 2.75) is 11.3 Å². The summed E-state index contributed by atoms with van der Waals surface area (Å²) >= 11 is 1.35. The maximum Gasteiger partial charge on any atom is 0.285 e. The van der Waals surface area contributed by atoms with Gasteiger partial charge >= 0.3 is 0 Å². The number of sulfone groups is 1. The first kappa shape index (κ1) is 17.0. The Morgan fingerprint density at radius 3 is 2.83 bits per heavy atom. The number of para-hydroxylation sites is 1. The van der Waals surface area contributed by atoms with Gasteiger partial charge < -0.3 is 9.64 Å². The first-order valence-corrected chi connectivity index (χ1v) is 10.2. The highest BCUT2D eigenvalue weighted by Crippen LogP contribution is 2.37. The van der Waals surface area contributed by atoms with E-state index in [0.29, 0.717) is 17.5 Å². The molecule has 0 radical (unpaired) electrons. The second-order valence-corrected chi connectivity index (χ2v) is 8.99. The second kappa shape index (κ2) is 6.98. The molecule has 2 saturated heterocycles. The molecule has 2 atom stereocenters. The van der Waals surface area contributed by atoms with Crippen molar-refractivity contribution in [3.05, 3.63) is 43.0 Å². The third-order valence-electron chi connectivity index (χ3n) is 3.83. The molecule has 0 bridgehead atoms. The fourth-order valence-corrected chi connectivity index (χ4v) is 6.77. The smallest absolute Gasteiger partial charge is 0.285 e. The van der Waals surface area contributed by atoms with E-state index in [2.05, 4.69) is 11.6 Å². The molecule has 2 aliphatic rings. The largest absolute Gasteiger partial charge is 0.484 e. The summed E-state index contributed by atoms with van der Waals surface area (Å²) in [5.74, 6) is 0.449. The van der Waals surface area contributed by atoms with Gasteiger partial charge in [-0.25, -0.2) is 8.42 Å². The molecule has 2 fully saturated rings. The van der Waals surface area contributed by atoms with Crippen LogP contribution in [0.3, 0.4) is 0 Å². The van der Waals surface area contributed by atoms with E-state index in [1.165, 1.54) is 11.8 Å². The van der Waals surface area contributed by atoms with Gasteiger partial charge in [0.05, 0.1) is 17.5 Å². The first-order chi connectivity index (χ1) is 11.5. The fourth-order valence-electron chi connectivity index (χ4n) is 2.79. The van der Waals surface area contributed by atoms with Gasteiger partial charge in [-0.05, 0) is 12.1 Å². The highest BCUT2D eigenvalue weighted by Gasteiger charge is 2.48. The van der Waals surface area contributed by atoms with E-state index in [-0.39, 0.29) is 29.4 Å². The minimum absolute atomic E-state index is 0.0726. The second-order valence-electron chi connectivity index (χ2n) is 5.63.